The van der Waals surface area contributed by atoms with E-state index >= 15 is 0 Å². The molecule has 1 saturated carbocycles. The van der Waals surface area contributed by atoms with Crippen LogP contribution >= 0.6 is 0 Å². The fraction of sp³-hybridized carbons (Fsp3) is 0.533. The molecule has 5 aromatic rings. The van der Waals surface area contributed by atoms with Crippen LogP contribution in [0.4, 0.5) is 20.3 Å². The Morgan fingerprint density at radius 1 is 1.00 bits per heavy atom. The van der Waals surface area contributed by atoms with E-state index in [0.29, 0.717) is 47.4 Å². The number of imidazole rings is 1. The Bertz CT molecular complexity index is 2650. The van der Waals surface area contributed by atoms with E-state index in [9.17, 15) is 28.0 Å². The predicted molar refractivity (Wildman–Crippen MR) is 231 cm³/mol. The average molecular weight is 866 g/mol. The maximum absolute atomic E-state index is 14.3. The highest BCUT2D eigenvalue weighted by molar-refractivity contribution is 6.08. The molecule has 0 bridgehead atoms. The smallest absolute Gasteiger partial charge is 0.329 e. The van der Waals surface area contributed by atoms with Gasteiger partial charge in [-0.15, -0.1) is 0 Å². The molecule has 4 aliphatic rings. The summed E-state index contributed by atoms with van der Waals surface area (Å²) >= 11 is 0. The number of anilines is 2. The summed E-state index contributed by atoms with van der Waals surface area (Å²) in [7, 11) is 1.69. The second-order valence-corrected chi connectivity index (χ2v) is 17.7. The van der Waals surface area contributed by atoms with E-state index in [1.165, 1.54) is 26.0 Å². The quantitative estimate of drug-likeness (QED) is 0.148. The fourth-order valence-electron chi connectivity index (χ4n) is 9.99. The highest BCUT2D eigenvalue weighted by Gasteiger charge is 2.33. The van der Waals surface area contributed by atoms with Gasteiger partial charge in [0.25, 0.3) is 12.3 Å². The molecule has 3 saturated heterocycles. The Hall–Kier alpha value is -5.93. The first kappa shape index (κ1) is 42.4. The lowest BCUT2D eigenvalue weighted by Gasteiger charge is -2.36. The zero-order chi connectivity index (χ0) is 43.9. The minimum Gasteiger partial charge on any atom is -0.372 e. The van der Waals surface area contributed by atoms with Crippen molar-refractivity contribution in [2.45, 2.75) is 102 Å². The molecule has 332 valence electrons. The standard InChI is InChI=1S/C45H53F2N11O5/c1-27-23-55(24-28(2)63-27)37-18-21-56-42(50-37)33(22-48-56)43(60)49-34-26-57(52-39(34)41(46)47)32-12-10-30(11-13-32)25-54-19-16-29(17-20-54)6-4-7-31-8-5-9-35-40(31)53(3)45(62)58(35)36-14-15-38(59)51-44(36)61/h5,8-9,18,21-22,26-30,32,36,41H,6,10-17,19-20,23-25H2,1-3H3,(H,49,60)(H,51,59,61)/t27-,28-,30-,32-,36?/m0/s1. The minimum absolute atomic E-state index is 0.0115. The number of imide groups is 1. The van der Waals surface area contributed by atoms with Gasteiger partial charge in [0.2, 0.25) is 11.8 Å². The van der Waals surface area contributed by atoms with Crippen LogP contribution in [-0.4, -0.2) is 101 Å². The van der Waals surface area contributed by atoms with Crippen LogP contribution in [-0.2, 0) is 21.4 Å². The number of carbonyl (C=O) groups is 3. The number of aromatic nitrogens is 7. The van der Waals surface area contributed by atoms with Gasteiger partial charge in [-0.05, 0) is 102 Å². The van der Waals surface area contributed by atoms with Gasteiger partial charge < -0.3 is 19.9 Å². The van der Waals surface area contributed by atoms with Gasteiger partial charge in [0.15, 0.2) is 11.3 Å². The van der Waals surface area contributed by atoms with E-state index in [4.69, 9.17) is 9.72 Å². The maximum Gasteiger partial charge on any atom is 0.329 e. The Kier molecular flexibility index (Phi) is 11.9. The number of fused-ring (bicyclic) bond motifs is 2. The number of nitrogens with one attached hydrogen (secondary N) is 2. The van der Waals surface area contributed by atoms with Crippen LogP contribution in [0.5, 0.6) is 0 Å². The molecule has 63 heavy (non-hydrogen) atoms. The zero-order valence-corrected chi connectivity index (χ0v) is 35.8. The number of aryl methyl sites for hydroxylation is 1. The molecule has 9 rings (SSSR count). The first-order valence-corrected chi connectivity index (χ1v) is 22.1. The number of hydrogen-bond acceptors (Lipinski definition) is 10. The topological polar surface area (TPSA) is 166 Å². The predicted octanol–water partition coefficient (Wildman–Crippen LogP) is 5.25. The van der Waals surface area contributed by atoms with Crippen molar-refractivity contribution in [2.75, 3.05) is 42.9 Å². The number of ether oxygens (including phenoxy) is 1. The van der Waals surface area contributed by atoms with Gasteiger partial charge in [0, 0.05) is 51.9 Å². The highest BCUT2D eigenvalue weighted by atomic mass is 19.3. The molecule has 7 heterocycles. The normalized spacial score (nSPS) is 23.9. The molecular weight excluding hydrogens is 813 g/mol. The number of likely N-dealkylation sites (tertiary alicyclic amines) is 1. The Labute approximate surface area is 362 Å². The molecule has 3 atom stereocenters. The second-order valence-electron chi connectivity index (χ2n) is 17.7. The third kappa shape index (κ3) is 8.72. The molecule has 1 unspecified atom stereocenters. The van der Waals surface area contributed by atoms with Crippen molar-refractivity contribution in [3.63, 3.8) is 0 Å². The number of para-hydroxylation sites is 1. The van der Waals surface area contributed by atoms with E-state index in [0.717, 1.165) is 70.1 Å². The summed E-state index contributed by atoms with van der Waals surface area (Å²) < 4.78 is 40.6. The van der Waals surface area contributed by atoms with Crippen LogP contribution in [0, 0.1) is 23.7 Å². The third-order valence-corrected chi connectivity index (χ3v) is 13.2. The van der Waals surface area contributed by atoms with E-state index in [2.05, 4.69) is 42.5 Å². The second kappa shape index (κ2) is 17.7. The maximum atomic E-state index is 14.3. The van der Waals surface area contributed by atoms with E-state index in [-0.39, 0.29) is 53.9 Å². The number of halogens is 2. The monoisotopic (exact) mass is 865 g/mol. The molecular formula is C45H53F2N11O5. The van der Waals surface area contributed by atoms with Gasteiger partial charge in [-0.3, -0.25) is 33.5 Å². The number of hydrogen-bond donors (Lipinski definition) is 2. The molecule has 0 spiro atoms. The van der Waals surface area contributed by atoms with Crippen LogP contribution in [0.25, 0.3) is 16.7 Å². The first-order chi connectivity index (χ1) is 30.4. The Morgan fingerprint density at radius 3 is 2.49 bits per heavy atom. The number of piperidine rings is 2. The minimum atomic E-state index is -2.87. The van der Waals surface area contributed by atoms with E-state index < -0.39 is 30.0 Å². The number of rotatable bonds is 9. The number of carbonyl (C=O) groups excluding carboxylic acids is 3. The summed E-state index contributed by atoms with van der Waals surface area (Å²) in [5.74, 6) is 6.96. The summed E-state index contributed by atoms with van der Waals surface area (Å²) in [4.78, 5) is 60.6. The molecule has 1 aliphatic carbocycles. The van der Waals surface area contributed by atoms with Gasteiger partial charge >= 0.3 is 5.69 Å². The number of alkyl halides is 2. The molecule has 4 fully saturated rings. The van der Waals surface area contributed by atoms with Gasteiger partial charge in [0.05, 0.1) is 46.7 Å². The molecule has 3 aliphatic heterocycles. The molecule has 18 heteroatoms. The number of nitrogens with zero attached hydrogens (tertiary/aromatic N) is 9. The summed E-state index contributed by atoms with van der Waals surface area (Å²) in [6.07, 6.45) is 8.67. The van der Waals surface area contributed by atoms with Crippen molar-refractivity contribution < 1.29 is 27.9 Å². The van der Waals surface area contributed by atoms with Crippen molar-refractivity contribution in [3.05, 3.63) is 70.2 Å². The van der Waals surface area contributed by atoms with Crippen LogP contribution in [0.3, 0.4) is 0 Å². The van der Waals surface area contributed by atoms with Crippen molar-refractivity contribution in [1.29, 1.82) is 0 Å². The highest BCUT2D eigenvalue weighted by Crippen LogP contribution is 2.36. The van der Waals surface area contributed by atoms with Crippen molar-refractivity contribution in [1.82, 2.24) is 43.7 Å². The fourth-order valence-corrected chi connectivity index (χ4v) is 9.99. The average Bonchev–Trinajstić information content (AvgIpc) is 3.96. The molecule has 3 amide bonds. The van der Waals surface area contributed by atoms with Gasteiger partial charge in [-0.25, -0.2) is 23.1 Å². The zero-order valence-electron chi connectivity index (χ0n) is 35.8. The Morgan fingerprint density at radius 2 is 1.76 bits per heavy atom. The molecule has 1 aromatic carbocycles. The summed E-state index contributed by atoms with van der Waals surface area (Å²) in [6, 6.07) is 6.61. The van der Waals surface area contributed by atoms with Crippen LogP contribution < -0.4 is 21.2 Å². The summed E-state index contributed by atoms with van der Waals surface area (Å²) in [6.45, 7) is 8.28. The van der Waals surface area contributed by atoms with E-state index in [1.54, 1.807) is 17.9 Å². The molecule has 16 nitrogen and oxygen atoms in total. The largest absolute Gasteiger partial charge is 0.372 e. The number of amides is 3. The third-order valence-electron chi connectivity index (χ3n) is 13.2. The van der Waals surface area contributed by atoms with Crippen LogP contribution in [0.15, 0.2) is 47.7 Å². The van der Waals surface area contributed by atoms with Crippen molar-refractivity contribution in [2.24, 2.45) is 18.9 Å². The molecule has 0 radical (unpaired) electrons. The number of benzene rings is 1. The lowest BCUT2D eigenvalue weighted by Crippen LogP contribution is -2.45. The van der Waals surface area contributed by atoms with Crippen molar-refractivity contribution >= 4 is 45.9 Å². The lowest BCUT2D eigenvalue weighted by molar-refractivity contribution is -0.135. The SMILES string of the molecule is C[C@H]1CN(c2ccn3ncc(C(=O)Nc4cn([C@H]5CC[C@H](CN6CCC(CC#Cc7cccc8c7n(C)c(=O)n8C7CCC(=O)NC7=O)CC6)CC5)nc4C(F)F)c3n2)C[C@H](C)O1. The van der Waals surface area contributed by atoms with Crippen LogP contribution in [0.1, 0.15) is 112 Å². The van der Waals surface area contributed by atoms with Gasteiger partial charge in [-0.2, -0.15) is 10.2 Å². The van der Waals surface area contributed by atoms with Crippen molar-refractivity contribution in [3.8, 4) is 11.8 Å². The first-order valence-electron chi connectivity index (χ1n) is 22.1. The summed E-state index contributed by atoms with van der Waals surface area (Å²) in [5, 5.41) is 13.6. The number of morpholine rings is 1. The summed E-state index contributed by atoms with van der Waals surface area (Å²) in [5.41, 5.74) is 1.78. The van der Waals surface area contributed by atoms with E-state index in [1.807, 2.05) is 38.1 Å². The lowest BCUT2D eigenvalue weighted by atomic mass is 9.85. The molecule has 2 N–H and O–H groups in total. The van der Waals surface area contributed by atoms with Gasteiger partial charge in [-0.1, -0.05) is 17.9 Å². The Balaban J connectivity index is 0.770. The molecule has 4 aromatic heterocycles. The van der Waals surface area contributed by atoms with Crippen LogP contribution in [0.2, 0.25) is 0 Å². The van der Waals surface area contributed by atoms with Gasteiger partial charge in [0.1, 0.15) is 17.4 Å².